The van der Waals surface area contributed by atoms with Crippen molar-refractivity contribution in [2.75, 3.05) is 0 Å². The summed E-state index contributed by atoms with van der Waals surface area (Å²) in [7, 11) is 0. The fraction of sp³-hybridized carbons (Fsp3) is 0.650. The SMILES string of the molecule is CC/C=C\C/C=C\C/C=C\CC(C)(C)OC(=O)OC(C)C(C)C. The quantitative estimate of drug-likeness (QED) is 0.354. The largest absolute Gasteiger partial charge is 0.509 e. The van der Waals surface area contributed by atoms with Crippen molar-refractivity contribution >= 4 is 6.16 Å². The van der Waals surface area contributed by atoms with Gasteiger partial charge in [0.2, 0.25) is 0 Å². The van der Waals surface area contributed by atoms with Crippen molar-refractivity contribution in [2.45, 2.75) is 78.9 Å². The monoisotopic (exact) mass is 322 g/mol. The molecule has 0 amide bonds. The number of ether oxygens (including phenoxy) is 2. The summed E-state index contributed by atoms with van der Waals surface area (Å²) >= 11 is 0. The maximum absolute atomic E-state index is 11.7. The molecule has 3 heteroatoms. The molecule has 0 aliphatic rings. The molecule has 0 bridgehead atoms. The molecule has 0 N–H and O–H groups in total. The van der Waals surface area contributed by atoms with Crippen LogP contribution in [0.1, 0.15) is 67.2 Å². The molecular weight excluding hydrogens is 288 g/mol. The first-order valence-corrected chi connectivity index (χ1v) is 8.63. The molecule has 0 aromatic carbocycles. The van der Waals surface area contributed by atoms with Crippen LogP contribution in [0.2, 0.25) is 0 Å². The highest BCUT2D eigenvalue weighted by molar-refractivity contribution is 5.60. The summed E-state index contributed by atoms with van der Waals surface area (Å²) in [6.07, 6.45) is 15.7. The third-order valence-electron chi connectivity index (χ3n) is 3.47. The Hall–Kier alpha value is -1.51. The smallest absolute Gasteiger partial charge is 0.431 e. The highest BCUT2D eigenvalue weighted by atomic mass is 16.7. The molecule has 0 aliphatic heterocycles. The van der Waals surface area contributed by atoms with E-state index >= 15 is 0 Å². The second-order valence-corrected chi connectivity index (χ2v) is 6.68. The van der Waals surface area contributed by atoms with Gasteiger partial charge in [0.15, 0.2) is 0 Å². The van der Waals surface area contributed by atoms with Crippen LogP contribution in [0.3, 0.4) is 0 Å². The summed E-state index contributed by atoms with van der Waals surface area (Å²) < 4.78 is 10.6. The van der Waals surface area contributed by atoms with Gasteiger partial charge in [0.05, 0.1) is 0 Å². The predicted molar refractivity (Wildman–Crippen MR) is 97.5 cm³/mol. The zero-order valence-corrected chi connectivity index (χ0v) is 15.7. The molecule has 0 heterocycles. The van der Waals surface area contributed by atoms with Gasteiger partial charge in [-0.25, -0.2) is 4.79 Å². The summed E-state index contributed by atoms with van der Waals surface area (Å²) in [5.41, 5.74) is -0.558. The fourth-order valence-corrected chi connectivity index (χ4v) is 1.66. The Balaban J connectivity index is 4.05. The minimum absolute atomic E-state index is 0.138. The Bertz CT molecular complexity index is 403. The molecule has 23 heavy (non-hydrogen) atoms. The fourth-order valence-electron chi connectivity index (χ4n) is 1.66. The topological polar surface area (TPSA) is 35.5 Å². The van der Waals surface area contributed by atoms with Gasteiger partial charge in [-0.05, 0) is 46.0 Å². The van der Waals surface area contributed by atoms with Crippen LogP contribution in [0.4, 0.5) is 4.79 Å². The third-order valence-corrected chi connectivity index (χ3v) is 3.47. The highest BCUT2D eigenvalue weighted by Gasteiger charge is 2.24. The maximum Gasteiger partial charge on any atom is 0.509 e. The molecule has 0 spiro atoms. The number of hydrogen-bond acceptors (Lipinski definition) is 3. The van der Waals surface area contributed by atoms with E-state index in [1.165, 1.54) is 0 Å². The van der Waals surface area contributed by atoms with Gasteiger partial charge < -0.3 is 9.47 Å². The van der Waals surface area contributed by atoms with Gasteiger partial charge in [0, 0.05) is 6.42 Å². The summed E-state index contributed by atoms with van der Waals surface area (Å²) in [6.45, 7) is 11.8. The zero-order chi connectivity index (χ0) is 17.7. The van der Waals surface area contributed by atoms with Crippen molar-refractivity contribution in [2.24, 2.45) is 5.92 Å². The molecular formula is C20H34O3. The summed E-state index contributed by atoms with van der Waals surface area (Å²) in [5.74, 6) is 0.282. The van der Waals surface area contributed by atoms with E-state index in [4.69, 9.17) is 9.47 Å². The first-order valence-electron chi connectivity index (χ1n) is 8.63. The number of carbonyl (C=O) groups is 1. The van der Waals surface area contributed by atoms with Gasteiger partial charge in [-0.3, -0.25) is 0 Å². The number of carbonyl (C=O) groups excluding carboxylic acids is 1. The summed E-state index contributed by atoms with van der Waals surface area (Å²) in [4.78, 5) is 11.7. The van der Waals surface area contributed by atoms with E-state index in [1.54, 1.807) is 0 Å². The molecule has 0 aromatic heterocycles. The van der Waals surface area contributed by atoms with Gasteiger partial charge in [0.25, 0.3) is 0 Å². The van der Waals surface area contributed by atoms with Crippen molar-refractivity contribution in [3.05, 3.63) is 36.5 Å². The van der Waals surface area contributed by atoms with E-state index in [-0.39, 0.29) is 12.0 Å². The number of hydrogen-bond donors (Lipinski definition) is 0. The van der Waals surface area contributed by atoms with E-state index in [0.29, 0.717) is 6.42 Å². The van der Waals surface area contributed by atoms with Crippen LogP contribution in [0, 0.1) is 5.92 Å². The molecule has 1 atom stereocenters. The summed E-state index contributed by atoms with van der Waals surface area (Å²) in [6, 6.07) is 0. The average Bonchev–Trinajstić information content (AvgIpc) is 2.44. The van der Waals surface area contributed by atoms with Crippen LogP contribution in [0.25, 0.3) is 0 Å². The minimum atomic E-state index is -0.591. The van der Waals surface area contributed by atoms with Crippen molar-refractivity contribution < 1.29 is 14.3 Å². The molecule has 0 radical (unpaired) electrons. The predicted octanol–water partition coefficient (Wildman–Crippen LogP) is 6.21. The van der Waals surface area contributed by atoms with Crippen LogP contribution in [0.15, 0.2) is 36.5 Å². The Labute approximate surface area is 142 Å². The second-order valence-electron chi connectivity index (χ2n) is 6.68. The number of rotatable bonds is 10. The lowest BCUT2D eigenvalue weighted by molar-refractivity contribution is -0.0376. The van der Waals surface area contributed by atoms with E-state index in [0.717, 1.165) is 19.3 Å². The maximum atomic E-state index is 11.7. The van der Waals surface area contributed by atoms with Crippen LogP contribution in [0.5, 0.6) is 0 Å². The first-order chi connectivity index (χ1) is 10.8. The van der Waals surface area contributed by atoms with E-state index in [9.17, 15) is 4.79 Å². The highest BCUT2D eigenvalue weighted by Crippen LogP contribution is 2.18. The van der Waals surface area contributed by atoms with Gasteiger partial charge in [-0.15, -0.1) is 0 Å². The molecule has 0 rings (SSSR count). The summed E-state index contributed by atoms with van der Waals surface area (Å²) in [5, 5.41) is 0. The Morgan fingerprint density at radius 1 is 0.957 bits per heavy atom. The van der Waals surface area contributed by atoms with Crippen LogP contribution < -0.4 is 0 Å². The van der Waals surface area contributed by atoms with Crippen LogP contribution in [-0.4, -0.2) is 17.9 Å². The Morgan fingerprint density at radius 2 is 1.48 bits per heavy atom. The van der Waals surface area contributed by atoms with Gasteiger partial charge in [-0.2, -0.15) is 0 Å². The molecule has 0 aliphatic carbocycles. The molecule has 0 aromatic rings. The number of allylic oxidation sites excluding steroid dienone is 5. The van der Waals surface area contributed by atoms with Crippen molar-refractivity contribution in [3.63, 3.8) is 0 Å². The van der Waals surface area contributed by atoms with Crippen molar-refractivity contribution in [1.29, 1.82) is 0 Å². The Kier molecular flexibility index (Phi) is 11.2. The molecule has 3 nitrogen and oxygen atoms in total. The average molecular weight is 322 g/mol. The van der Waals surface area contributed by atoms with Crippen LogP contribution >= 0.6 is 0 Å². The van der Waals surface area contributed by atoms with Gasteiger partial charge in [0.1, 0.15) is 11.7 Å². The second kappa shape index (κ2) is 12.0. The minimum Gasteiger partial charge on any atom is -0.431 e. The molecule has 132 valence electrons. The van der Waals surface area contributed by atoms with Crippen molar-refractivity contribution in [3.8, 4) is 0 Å². The lowest BCUT2D eigenvalue weighted by atomic mass is 10.0. The van der Waals surface area contributed by atoms with Gasteiger partial charge in [-0.1, -0.05) is 57.2 Å². The van der Waals surface area contributed by atoms with E-state index < -0.39 is 11.8 Å². The van der Waals surface area contributed by atoms with Gasteiger partial charge >= 0.3 is 6.16 Å². The molecule has 0 saturated heterocycles. The van der Waals surface area contributed by atoms with E-state index in [1.807, 2.05) is 40.7 Å². The zero-order valence-electron chi connectivity index (χ0n) is 15.7. The first kappa shape index (κ1) is 21.5. The lowest BCUT2D eigenvalue weighted by Gasteiger charge is -2.25. The van der Waals surface area contributed by atoms with Crippen LogP contribution in [-0.2, 0) is 9.47 Å². The standard InChI is InChI=1S/C20H34O3/c1-7-8-9-10-11-12-13-14-15-16-20(5,6)23-19(21)22-18(4)17(2)3/h8-9,11-12,14-15,17-18H,7,10,13,16H2,1-6H3/b9-8-,12-11-,15-14-. The molecule has 1 unspecified atom stereocenters. The lowest BCUT2D eigenvalue weighted by Crippen LogP contribution is -2.30. The normalized spacial score (nSPS) is 14.2. The van der Waals surface area contributed by atoms with Crippen molar-refractivity contribution in [1.82, 2.24) is 0 Å². The third kappa shape index (κ3) is 12.7. The Morgan fingerprint density at radius 3 is 2.00 bits per heavy atom. The van der Waals surface area contributed by atoms with E-state index in [2.05, 4.69) is 37.3 Å². The molecule has 0 saturated carbocycles. The molecule has 0 fully saturated rings.